The predicted molar refractivity (Wildman–Crippen MR) is 76.7 cm³/mol. The largest absolute Gasteiger partial charge is 0.383 e. The van der Waals surface area contributed by atoms with Crippen molar-refractivity contribution in [3.05, 3.63) is 0 Å². The smallest absolute Gasteiger partial charge is 0.188 e. The summed E-state index contributed by atoms with van der Waals surface area (Å²) in [6, 6.07) is 0.216. The van der Waals surface area contributed by atoms with Gasteiger partial charge >= 0.3 is 0 Å². The number of nitrogens with one attached hydrogen (secondary N) is 1. The summed E-state index contributed by atoms with van der Waals surface area (Å²) in [6.45, 7) is 5.89. The lowest BCUT2D eigenvalue weighted by Crippen LogP contribution is -2.40. The van der Waals surface area contributed by atoms with Crippen LogP contribution in [-0.2, 0) is 4.74 Å². The fraction of sp³-hybridized carbons (Fsp3) is 0.929. The second-order valence-electron chi connectivity index (χ2n) is 5.69. The summed E-state index contributed by atoms with van der Waals surface area (Å²) in [5.41, 5.74) is 5.83. The molecular weight excluding hydrogens is 226 g/mol. The van der Waals surface area contributed by atoms with Crippen LogP contribution < -0.4 is 11.1 Å². The molecular formula is C14H29N3O. The van der Waals surface area contributed by atoms with Gasteiger partial charge < -0.3 is 15.8 Å². The van der Waals surface area contributed by atoms with E-state index in [1.54, 1.807) is 7.11 Å². The monoisotopic (exact) mass is 255 g/mol. The Balaban J connectivity index is 2.18. The van der Waals surface area contributed by atoms with E-state index in [2.05, 4.69) is 17.2 Å². The van der Waals surface area contributed by atoms with E-state index < -0.39 is 0 Å². The molecule has 3 atom stereocenters. The molecule has 0 spiro atoms. The van der Waals surface area contributed by atoms with Crippen LogP contribution in [0.25, 0.3) is 0 Å². The summed E-state index contributed by atoms with van der Waals surface area (Å²) in [5, 5.41) is 3.13. The molecule has 0 bridgehead atoms. The quantitative estimate of drug-likeness (QED) is 0.565. The van der Waals surface area contributed by atoms with Crippen LogP contribution in [0.4, 0.5) is 0 Å². The van der Waals surface area contributed by atoms with Gasteiger partial charge in [-0.2, -0.15) is 0 Å². The van der Waals surface area contributed by atoms with Gasteiger partial charge in [0.1, 0.15) is 0 Å². The second-order valence-corrected chi connectivity index (χ2v) is 5.69. The van der Waals surface area contributed by atoms with Crippen molar-refractivity contribution < 1.29 is 4.74 Å². The van der Waals surface area contributed by atoms with Crippen LogP contribution in [0.1, 0.15) is 46.0 Å². The average Bonchev–Trinajstić information content (AvgIpc) is 2.29. The molecule has 1 rings (SSSR count). The summed E-state index contributed by atoms with van der Waals surface area (Å²) in [4.78, 5) is 4.39. The normalized spacial score (nSPS) is 26.9. The SMILES string of the molecule is COCC(C)NC(N)=NCCC1CCCC(C)C1. The topological polar surface area (TPSA) is 59.6 Å². The number of ether oxygens (including phenoxy) is 1. The lowest BCUT2D eigenvalue weighted by molar-refractivity contribution is 0.179. The van der Waals surface area contributed by atoms with E-state index in [1.165, 1.54) is 32.1 Å². The number of methoxy groups -OCH3 is 1. The summed E-state index contributed by atoms with van der Waals surface area (Å²) in [5.74, 6) is 2.29. The van der Waals surface area contributed by atoms with Crippen molar-refractivity contribution in [3.63, 3.8) is 0 Å². The van der Waals surface area contributed by atoms with Gasteiger partial charge in [-0.3, -0.25) is 4.99 Å². The van der Waals surface area contributed by atoms with E-state index in [0.717, 1.165) is 18.4 Å². The molecule has 1 saturated carbocycles. The van der Waals surface area contributed by atoms with E-state index in [4.69, 9.17) is 10.5 Å². The van der Waals surface area contributed by atoms with Crippen molar-refractivity contribution in [2.45, 2.75) is 52.0 Å². The number of aliphatic imine (C=N–C) groups is 1. The first-order chi connectivity index (χ1) is 8.61. The van der Waals surface area contributed by atoms with Gasteiger partial charge in [-0.15, -0.1) is 0 Å². The van der Waals surface area contributed by atoms with Gasteiger partial charge in [-0.25, -0.2) is 0 Å². The highest BCUT2D eigenvalue weighted by atomic mass is 16.5. The highest BCUT2D eigenvalue weighted by Crippen LogP contribution is 2.30. The van der Waals surface area contributed by atoms with Crippen LogP contribution in [0, 0.1) is 11.8 Å². The van der Waals surface area contributed by atoms with E-state index >= 15 is 0 Å². The van der Waals surface area contributed by atoms with E-state index in [0.29, 0.717) is 12.6 Å². The zero-order valence-corrected chi connectivity index (χ0v) is 12.1. The van der Waals surface area contributed by atoms with Gasteiger partial charge in [0.2, 0.25) is 0 Å². The van der Waals surface area contributed by atoms with Crippen LogP contribution in [-0.4, -0.2) is 32.3 Å². The molecule has 1 aliphatic carbocycles. The summed E-state index contributed by atoms with van der Waals surface area (Å²) >= 11 is 0. The number of hydrogen-bond acceptors (Lipinski definition) is 2. The van der Waals surface area contributed by atoms with Crippen molar-refractivity contribution >= 4 is 5.96 Å². The van der Waals surface area contributed by atoms with Gasteiger partial charge in [0.05, 0.1) is 6.61 Å². The Morgan fingerprint density at radius 1 is 1.50 bits per heavy atom. The number of guanidine groups is 1. The highest BCUT2D eigenvalue weighted by molar-refractivity contribution is 5.78. The van der Waals surface area contributed by atoms with E-state index in [9.17, 15) is 0 Å². The predicted octanol–water partition coefficient (Wildman–Crippen LogP) is 2.14. The summed E-state index contributed by atoms with van der Waals surface area (Å²) < 4.78 is 5.04. The van der Waals surface area contributed by atoms with Crippen LogP contribution in [0.5, 0.6) is 0 Å². The minimum atomic E-state index is 0.216. The Kier molecular flexibility index (Phi) is 7.09. The Hall–Kier alpha value is -0.770. The standard InChI is InChI=1S/C14H29N3O/c1-11-5-4-6-13(9-11)7-8-16-14(15)17-12(2)10-18-3/h11-13H,4-10H2,1-3H3,(H3,15,16,17). The zero-order valence-electron chi connectivity index (χ0n) is 12.1. The van der Waals surface area contributed by atoms with Crippen LogP contribution >= 0.6 is 0 Å². The van der Waals surface area contributed by atoms with Crippen LogP contribution in [0.15, 0.2) is 4.99 Å². The van der Waals surface area contributed by atoms with Crippen molar-refractivity contribution in [3.8, 4) is 0 Å². The second kappa shape index (κ2) is 8.35. The van der Waals surface area contributed by atoms with Gasteiger partial charge in [0.15, 0.2) is 5.96 Å². The molecule has 4 heteroatoms. The number of hydrogen-bond donors (Lipinski definition) is 2. The molecule has 4 nitrogen and oxygen atoms in total. The lowest BCUT2D eigenvalue weighted by Gasteiger charge is -2.26. The third kappa shape index (κ3) is 6.24. The van der Waals surface area contributed by atoms with Crippen molar-refractivity contribution in [2.75, 3.05) is 20.3 Å². The molecule has 0 aromatic carbocycles. The molecule has 3 unspecified atom stereocenters. The molecule has 0 aromatic rings. The van der Waals surface area contributed by atoms with Gasteiger partial charge in [0.25, 0.3) is 0 Å². The first-order valence-electron chi connectivity index (χ1n) is 7.17. The minimum Gasteiger partial charge on any atom is -0.383 e. The fourth-order valence-electron chi connectivity index (χ4n) is 2.78. The molecule has 18 heavy (non-hydrogen) atoms. The fourth-order valence-corrected chi connectivity index (χ4v) is 2.78. The Morgan fingerprint density at radius 2 is 2.28 bits per heavy atom. The highest BCUT2D eigenvalue weighted by Gasteiger charge is 2.18. The molecule has 106 valence electrons. The molecule has 3 N–H and O–H groups in total. The van der Waals surface area contributed by atoms with Gasteiger partial charge in [-0.05, 0) is 31.6 Å². The molecule has 0 amide bonds. The third-order valence-corrected chi connectivity index (χ3v) is 3.68. The molecule has 1 fully saturated rings. The van der Waals surface area contributed by atoms with Crippen LogP contribution in [0.3, 0.4) is 0 Å². The van der Waals surface area contributed by atoms with Crippen LogP contribution in [0.2, 0.25) is 0 Å². The maximum atomic E-state index is 5.83. The molecule has 0 radical (unpaired) electrons. The third-order valence-electron chi connectivity index (χ3n) is 3.68. The molecule has 0 aromatic heterocycles. The van der Waals surface area contributed by atoms with E-state index in [1.807, 2.05) is 6.92 Å². The van der Waals surface area contributed by atoms with Gasteiger partial charge in [-0.1, -0.05) is 26.2 Å². The summed E-state index contributed by atoms with van der Waals surface area (Å²) in [6.07, 6.45) is 6.69. The summed E-state index contributed by atoms with van der Waals surface area (Å²) in [7, 11) is 1.69. The molecule has 1 aliphatic rings. The first-order valence-corrected chi connectivity index (χ1v) is 7.17. The Bertz CT molecular complexity index is 255. The Morgan fingerprint density at radius 3 is 2.94 bits per heavy atom. The maximum absolute atomic E-state index is 5.83. The minimum absolute atomic E-state index is 0.216. The van der Waals surface area contributed by atoms with E-state index in [-0.39, 0.29) is 6.04 Å². The Labute approximate surface area is 111 Å². The number of nitrogens with zero attached hydrogens (tertiary/aromatic N) is 1. The van der Waals surface area contributed by atoms with Crippen molar-refractivity contribution in [1.82, 2.24) is 5.32 Å². The lowest BCUT2D eigenvalue weighted by atomic mass is 9.81. The molecule has 0 saturated heterocycles. The molecule has 0 aliphatic heterocycles. The maximum Gasteiger partial charge on any atom is 0.188 e. The van der Waals surface area contributed by atoms with Crippen molar-refractivity contribution in [1.29, 1.82) is 0 Å². The molecule has 0 heterocycles. The number of rotatable bonds is 6. The number of nitrogens with two attached hydrogens (primary N) is 1. The van der Waals surface area contributed by atoms with Crippen molar-refractivity contribution in [2.24, 2.45) is 22.6 Å². The zero-order chi connectivity index (χ0) is 13.4. The van der Waals surface area contributed by atoms with Gasteiger partial charge in [0, 0.05) is 19.7 Å². The average molecular weight is 255 g/mol. The first kappa shape index (κ1) is 15.3.